The van der Waals surface area contributed by atoms with Gasteiger partial charge in [0, 0.05) is 42.0 Å². The summed E-state index contributed by atoms with van der Waals surface area (Å²) >= 11 is 0. The lowest BCUT2D eigenvalue weighted by Gasteiger charge is -2.18. The minimum absolute atomic E-state index is 0.159. The van der Waals surface area contributed by atoms with Crippen molar-refractivity contribution in [3.63, 3.8) is 0 Å². The molecule has 1 aliphatic heterocycles. The van der Waals surface area contributed by atoms with Gasteiger partial charge in [0.1, 0.15) is 11.8 Å². The summed E-state index contributed by atoms with van der Waals surface area (Å²) in [5.74, 6) is -3.37. The number of pyridine rings is 1. The number of carbonyl (C=O) groups excluding carboxylic acids is 2. The van der Waals surface area contributed by atoms with Crippen molar-refractivity contribution in [1.29, 1.82) is 5.26 Å². The van der Waals surface area contributed by atoms with E-state index in [0.717, 1.165) is 21.7 Å². The van der Waals surface area contributed by atoms with E-state index in [1.165, 1.54) is 6.20 Å². The molecular weight excluding hydrogens is 418 g/mol. The van der Waals surface area contributed by atoms with Crippen LogP contribution in [0.1, 0.15) is 41.1 Å². The molecule has 1 amide bonds. The Balaban J connectivity index is 1.57. The van der Waals surface area contributed by atoms with Gasteiger partial charge in [-0.15, -0.1) is 0 Å². The first-order valence-electron chi connectivity index (χ1n) is 10.1. The van der Waals surface area contributed by atoms with Gasteiger partial charge in [-0.05, 0) is 37.6 Å². The highest BCUT2D eigenvalue weighted by atomic mass is 19.3. The van der Waals surface area contributed by atoms with E-state index in [-0.39, 0.29) is 18.6 Å². The Bertz CT molecular complexity index is 1240. The van der Waals surface area contributed by atoms with E-state index in [0.29, 0.717) is 22.2 Å². The molecular formula is C23H20F2N4O3. The molecule has 1 saturated heterocycles. The average Bonchev–Trinajstić information content (AvgIpc) is 3.28. The van der Waals surface area contributed by atoms with E-state index in [1.807, 2.05) is 19.1 Å². The van der Waals surface area contributed by atoms with Crippen molar-refractivity contribution < 1.29 is 22.9 Å². The summed E-state index contributed by atoms with van der Waals surface area (Å²) in [4.78, 5) is 30.6. The average molecular weight is 438 g/mol. The van der Waals surface area contributed by atoms with E-state index < -0.39 is 30.8 Å². The van der Waals surface area contributed by atoms with Crippen LogP contribution in [0.25, 0.3) is 22.0 Å². The molecule has 4 rings (SSSR count). The predicted molar refractivity (Wildman–Crippen MR) is 111 cm³/mol. The van der Waals surface area contributed by atoms with Crippen LogP contribution in [0.15, 0.2) is 35.0 Å². The number of hydrogen-bond acceptors (Lipinski definition) is 6. The second-order valence-corrected chi connectivity index (χ2v) is 7.94. The summed E-state index contributed by atoms with van der Waals surface area (Å²) in [7, 11) is 0. The minimum Gasteiger partial charge on any atom is -0.361 e. The maximum atomic E-state index is 13.6. The standard InChI is InChI=1S/C23H20F2N4O3/c1-13-22(14(2)32-28-13)15-3-4-19-18(9-15)17(7-8-27-19)20(30)5-6-21(31)29-12-23(24,25)10-16(29)11-26/h3-4,7-9,16H,5-6,10,12H2,1-2H3/t16-/m0/s1. The zero-order valence-electron chi connectivity index (χ0n) is 17.6. The van der Waals surface area contributed by atoms with Gasteiger partial charge in [0.2, 0.25) is 5.91 Å². The molecule has 0 bridgehead atoms. The molecule has 7 nitrogen and oxygen atoms in total. The number of likely N-dealkylation sites (tertiary alicyclic amines) is 1. The monoisotopic (exact) mass is 438 g/mol. The number of aryl methyl sites for hydroxylation is 2. The van der Waals surface area contributed by atoms with E-state index in [9.17, 15) is 18.4 Å². The van der Waals surface area contributed by atoms with E-state index in [1.54, 1.807) is 25.1 Å². The normalized spacial score (nSPS) is 17.5. The lowest BCUT2D eigenvalue weighted by molar-refractivity contribution is -0.132. The highest BCUT2D eigenvalue weighted by Gasteiger charge is 2.47. The molecule has 0 N–H and O–H groups in total. The number of carbonyl (C=O) groups is 2. The molecule has 1 fully saturated rings. The molecule has 1 atom stereocenters. The lowest BCUT2D eigenvalue weighted by atomic mass is 9.97. The van der Waals surface area contributed by atoms with Gasteiger partial charge in [-0.1, -0.05) is 11.2 Å². The number of aromatic nitrogens is 2. The smallest absolute Gasteiger partial charge is 0.268 e. The molecule has 2 aromatic heterocycles. The summed E-state index contributed by atoms with van der Waals surface area (Å²) < 4.78 is 32.5. The van der Waals surface area contributed by atoms with Crippen LogP contribution in [0.3, 0.4) is 0 Å². The van der Waals surface area contributed by atoms with Crippen molar-refractivity contribution in [2.24, 2.45) is 0 Å². The van der Waals surface area contributed by atoms with Crippen molar-refractivity contribution in [3.05, 3.63) is 47.5 Å². The summed E-state index contributed by atoms with van der Waals surface area (Å²) in [5.41, 5.74) is 3.38. The molecule has 32 heavy (non-hydrogen) atoms. The van der Waals surface area contributed by atoms with E-state index in [4.69, 9.17) is 9.78 Å². The third-order valence-corrected chi connectivity index (χ3v) is 5.67. The van der Waals surface area contributed by atoms with Crippen LogP contribution in [0, 0.1) is 25.2 Å². The number of ketones is 1. The SMILES string of the molecule is Cc1noc(C)c1-c1ccc2nccc(C(=O)CCC(=O)N3CC(F)(F)C[C@H]3C#N)c2c1. The minimum atomic E-state index is -3.09. The quantitative estimate of drug-likeness (QED) is 0.553. The molecule has 9 heteroatoms. The van der Waals surface area contributed by atoms with Crippen molar-refractivity contribution in [2.45, 2.75) is 45.1 Å². The molecule has 0 saturated carbocycles. The fourth-order valence-electron chi connectivity index (χ4n) is 4.13. The van der Waals surface area contributed by atoms with Crippen LogP contribution in [0.4, 0.5) is 8.78 Å². The second kappa shape index (κ2) is 8.11. The van der Waals surface area contributed by atoms with Gasteiger partial charge in [-0.3, -0.25) is 14.6 Å². The molecule has 0 spiro atoms. The number of halogens is 2. The van der Waals surface area contributed by atoms with Crippen molar-refractivity contribution in [2.75, 3.05) is 6.54 Å². The topological polar surface area (TPSA) is 100 Å². The molecule has 3 heterocycles. The van der Waals surface area contributed by atoms with Gasteiger partial charge < -0.3 is 9.42 Å². The molecule has 0 unspecified atom stereocenters. The van der Waals surface area contributed by atoms with Crippen LogP contribution in [0.2, 0.25) is 0 Å². The van der Waals surface area contributed by atoms with Gasteiger partial charge in [-0.25, -0.2) is 8.78 Å². The number of alkyl halides is 2. The number of nitriles is 1. The molecule has 1 aromatic carbocycles. The Morgan fingerprint density at radius 3 is 2.75 bits per heavy atom. The zero-order valence-corrected chi connectivity index (χ0v) is 17.6. The Hall–Kier alpha value is -3.67. The van der Waals surface area contributed by atoms with E-state index >= 15 is 0 Å². The van der Waals surface area contributed by atoms with E-state index in [2.05, 4.69) is 10.1 Å². The zero-order chi connectivity index (χ0) is 23.0. The third kappa shape index (κ3) is 3.96. The van der Waals surface area contributed by atoms with Crippen molar-refractivity contribution >= 4 is 22.6 Å². The molecule has 0 radical (unpaired) electrons. The Morgan fingerprint density at radius 1 is 1.28 bits per heavy atom. The summed E-state index contributed by atoms with van der Waals surface area (Å²) in [6.45, 7) is 2.83. The van der Waals surface area contributed by atoms with Crippen molar-refractivity contribution in [3.8, 4) is 17.2 Å². The van der Waals surface area contributed by atoms with Crippen LogP contribution in [-0.2, 0) is 4.79 Å². The number of fused-ring (bicyclic) bond motifs is 1. The molecule has 0 aliphatic carbocycles. The maximum Gasteiger partial charge on any atom is 0.268 e. The summed E-state index contributed by atoms with van der Waals surface area (Å²) in [6, 6.07) is 7.64. The fourth-order valence-corrected chi connectivity index (χ4v) is 4.13. The van der Waals surface area contributed by atoms with Gasteiger partial charge in [-0.2, -0.15) is 5.26 Å². The van der Waals surface area contributed by atoms with Gasteiger partial charge >= 0.3 is 0 Å². The lowest BCUT2D eigenvalue weighted by Crippen LogP contribution is -2.36. The molecule has 164 valence electrons. The van der Waals surface area contributed by atoms with Crippen LogP contribution in [-0.4, -0.2) is 45.2 Å². The third-order valence-electron chi connectivity index (χ3n) is 5.67. The number of hydrogen-bond donors (Lipinski definition) is 0. The first kappa shape index (κ1) is 21.6. The summed E-state index contributed by atoms with van der Waals surface area (Å²) in [5, 5.41) is 13.7. The maximum absolute atomic E-state index is 13.6. The van der Waals surface area contributed by atoms with Crippen LogP contribution >= 0.6 is 0 Å². The van der Waals surface area contributed by atoms with Crippen LogP contribution in [0.5, 0.6) is 0 Å². The predicted octanol–water partition coefficient (Wildman–Crippen LogP) is 4.23. The summed E-state index contributed by atoms with van der Waals surface area (Å²) in [6.07, 6.45) is 0.427. The Kier molecular flexibility index (Phi) is 5.46. The van der Waals surface area contributed by atoms with Gasteiger partial charge in [0.15, 0.2) is 5.78 Å². The van der Waals surface area contributed by atoms with Crippen LogP contribution < -0.4 is 0 Å². The number of rotatable bonds is 5. The first-order valence-corrected chi connectivity index (χ1v) is 10.1. The Morgan fingerprint density at radius 2 is 2.06 bits per heavy atom. The highest BCUT2D eigenvalue weighted by molar-refractivity contribution is 6.08. The molecule has 1 aliphatic rings. The van der Waals surface area contributed by atoms with Crippen molar-refractivity contribution in [1.82, 2.24) is 15.0 Å². The highest BCUT2D eigenvalue weighted by Crippen LogP contribution is 2.33. The Labute approximate surface area is 182 Å². The number of nitrogens with zero attached hydrogens (tertiary/aromatic N) is 4. The fraction of sp³-hybridized carbons (Fsp3) is 0.348. The number of Topliss-reactive ketones (excluding diaryl/α,β-unsaturated/α-hetero) is 1. The second-order valence-electron chi connectivity index (χ2n) is 7.94. The molecule has 3 aromatic rings. The van der Waals surface area contributed by atoms with Gasteiger partial charge in [0.05, 0.1) is 23.8 Å². The number of benzene rings is 1. The largest absolute Gasteiger partial charge is 0.361 e. The first-order chi connectivity index (χ1) is 15.2. The number of amides is 1. The van der Waals surface area contributed by atoms with Gasteiger partial charge in [0.25, 0.3) is 5.92 Å².